The van der Waals surface area contributed by atoms with Crippen LogP contribution in [0.15, 0.2) is 36.5 Å². The Labute approximate surface area is 144 Å². The molecule has 0 aliphatic carbocycles. The van der Waals surface area contributed by atoms with Gasteiger partial charge in [-0.25, -0.2) is 10.3 Å². The molecule has 23 heavy (non-hydrogen) atoms. The van der Waals surface area contributed by atoms with E-state index in [9.17, 15) is 4.39 Å². The highest BCUT2D eigenvalue weighted by molar-refractivity contribution is 5.14. The lowest BCUT2D eigenvalue weighted by atomic mass is 10.2. The first kappa shape index (κ1) is 29.6. The minimum atomic E-state index is -0.132. The summed E-state index contributed by atoms with van der Waals surface area (Å²) in [6.07, 6.45) is 0.920. The van der Waals surface area contributed by atoms with Crippen molar-refractivity contribution in [3.05, 3.63) is 47.9 Å². The third-order valence-corrected chi connectivity index (χ3v) is 1.94. The van der Waals surface area contributed by atoms with Gasteiger partial charge in [0.2, 0.25) is 0 Å². The van der Waals surface area contributed by atoms with Crippen molar-refractivity contribution >= 4 is 0 Å². The summed E-state index contributed by atoms with van der Waals surface area (Å²) in [4.78, 5) is 4.35. The number of rotatable bonds is 5. The van der Waals surface area contributed by atoms with Gasteiger partial charge in [-0.1, -0.05) is 66.3 Å². The van der Waals surface area contributed by atoms with Gasteiger partial charge in [0.25, 0.3) is 0 Å². The standard InChI is InChI=1S/C7H7F.C6H14N2O.3C2H6/c1-6-4-2-3-5-7(6)8;1-6(2)8-4-3-5-9-7;3*1-2/h2-5H,1H3;8H,1,3-5,7H2,2H3;3*1-2H3. The molecule has 0 atom stereocenters. The van der Waals surface area contributed by atoms with E-state index in [2.05, 4.69) is 16.7 Å². The second kappa shape index (κ2) is 28.7. The van der Waals surface area contributed by atoms with Crippen LogP contribution in [0.1, 0.15) is 60.5 Å². The lowest BCUT2D eigenvalue weighted by Crippen LogP contribution is -2.14. The lowest BCUT2D eigenvalue weighted by molar-refractivity contribution is 0.136. The lowest BCUT2D eigenvalue weighted by Gasteiger charge is -2.02. The van der Waals surface area contributed by atoms with Crippen LogP contribution >= 0.6 is 0 Å². The van der Waals surface area contributed by atoms with Gasteiger partial charge < -0.3 is 10.2 Å². The van der Waals surface area contributed by atoms with E-state index in [0.29, 0.717) is 12.2 Å². The SMILES string of the molecule is C=C(C)NCCCON.CC.CC.CC.Cc1ccccc1F. The number of aryl methyl sites for hydroxylation is 1. The number of nitrogens with one attached hydrogen (secondary N) is 1. The van der Waals surface area contributed by atoms with E-state index in [1.54, 1.807) is 19.1 Å². The monoisotopic (exact) mass is 330 g/mol. The Hall–Kier alpha value is -1.39. The maximum absolute atomic E-state index is 12.3. The number of nitrogens with two attached hydrogens (primary N) is 1. The summed E-state index contributed by atoms with van der Waals surface area (Å²) in [6, 6.07) is 6.70. The van der Waals surface area contributed by atoms with Crippen LogP contribution in [-0.4, -0.2) is 13.2 Å². The molecule has 0 heterocycles. The molecular weight excluding hydrogens is 291 g/mol. The summed E-state index contributed by atoms with van der Waals surface area (Å²) in [6.45, 7) is 20.8. The van der Waals surface area contributed by atoms with Crippen molar-refractivity contribution in [1.82, 2.24) is 5.32 Å². The van der Waals surface area contributed by atoms with Crippen molar-refractivity contribution < 1.29 is 9.23 Å². The average molecular weight is 331 g/mol. The van der Waals surface area contributed by atoms with Crippen LogP contribution < -0.4 is 11.2 Å². The molecule has 0 aliphatic rings. The molecule has 0 saturated carbocycles. The van der Waals surface area contributed by atoms with Crippen LogP contribution in [-0.2, 0) is 4.84 Å². The van der Waals surface area contributed by atoms with Crippen LogP contribution in [0.4, 0.5) is 4.39 Å². The number of hydrogen-bond donors (Lipinski definition) is 2. The highest BCUT2D eigenvalue weighted by Crippen LogP contribution is 2.01. The average Bonchev–Trinajstić information content (AvgIpc) is 2.60. The van der Waals surface area contributed by atoms with Crippen LogP contribution in [0.2, 0.25) is 0 Å². The predicted octanol–water partition coefficient (Wildman–Crippen LogP) is 5.60. The van der Waals surface area contributed by atoms with E-state index in [1.165, 1.54) is 6.07 Å². The van der Waals surface area contributed by atoms with Gasteiger partial charge in [-0.15, -0.1) is 0 Å². The molecule has 1 aromatic carbocycles. The molecule has 138 valence electrons. The number of benzene rings is 1. The third-order valence-electron chi connectivity index (χ3n) is 1.94. The molecule has 4 heteroatoms. The topological polar surface area (TPSA) is 47.3 Å². The molecule has 0 fully saturated rings. The molecular formula is C19H39FN2O. The van der Waals surface area contributed by atoms with Gasteiger partial charge >= 0.3 is 0 Å². The number of hydrogen-bond acceptors (Lipinski definition) is 3. The van der Waals surface area contributed by atoms with Gasteiger partial charge in [0, 0.05) is 12.2 Å². The first-order valence-corrected chi connectivity index (χ1v) is 8.50. The molecule has 0 unspecified atom stereocenters. The fraction of sp³-hybridized carbons (Fsp3) is 0.579. The van der Waals surface area contributed by atoms with Crippen molar-refractivity contribution in [2.45, 2.75) is 61.8 Å². The van der Waals surface area contributed by atoms with Crippen molar-refractivity contribution in [1.29, 1.82) is 0 Å². The normalized spacial score (nSPS) is 7.57. The van der Waals surface area contributed by atoms with Gasteiger partial charge in [-0.2, -0.15) is 0 Å². The first-order chi connectivity index (χ1) is 11.1. The zero-order chi connectivity index (χ0) is 19.1. The Bertz CT molecular complexity index is 310. The second-order valence-corrected chi connectivity index (χ2v) is 3.68. The molecule has 0 amide bonds. The van der Waals surface area contributed by atoms with Gasteiger partial charge in [0.15, 0.2) is 0 Å². The molecule has 0 bridgehead atoms. The second-order valence-electron chi connectivity index (χ2n) is 3.68. The maximum atomic E-state index is 12.3. The van der Waals surface area contributed by atoms with Crippen molar-refractivity contribution in [3.8, 4) is 0 Å². The van der Waals surface area contributed by atoms with Gasteiger partial charge in [0.1, 0.15) is 5.82 Å². The quantitative estimate of drug-likeness (QED) is 0.545. The molecule has 0 saturated heterocycles. The van der Waals surface area contributed by atoms with Gasteiger partial charge in [-0.3, -0.25) is 0 Å². The van der Waals surface area contributed by atoms with Gasteiger partial charge in [-0.05, 0) is 31.9 Å². The Morgan fingerprint density at radius 2 is 1.61 bits per heavy atom. The predicted molar refractivity (Wildman–Crippen MR) is 103 cm³/mol. The van der Waals surface area contributed by atoms with Crippen molar-refractivity contribution in [2.75, 3.05) is 13.2 Å². The fourth-order valence-corrected chi connectivity index (χ4v) is 1.01. The summed E-state index contributed by atoms with van der Waals surface area (Å²) < 4.78 is 12.3. The zero-order valence-corrected chi connectivity index (χ0v) is 16.5. The number of halogens is 1. The Morgan fingerprint density at radius 3 is 1.91 bits per heavy atom. The molecule has 3 N–H and O–H groups in total. The Kier molecular flexibility index (Phi) is 37.0. The third kappa shape index (κ3) is 29.3. The summed E-state index contributed by atoms with van der Waals surface area (Å²) in [7, 11) is 0. The van der Waals surface area contributed by atoms with Crippen LogP contribution in [0.5, 0.6) is 0 Å². The van der Waals surface area contributed by atoms with Crippen molar-refractivity contribution in [2.24, 2.45) is 5.90 Å². The summed E-state index contributed by atoms with van der Waals surface area (Å²) in [5.41, 5.74) is 1.68. The highest BCUT2D eigenvalue weighted by atomic mass is 19.1. The summed E-state index contributed by atoms with van der Waals surface area (Å²) in [5.74, 6) is 4.66. The molecule has 0 radical (unpaired) electrons. The van der Waals surface area contributed by atoms with Crippen LogP contribution in [0.3, 0.4) is 0 Å². The maximum Gasteiger partial charge on any atom is 0.126 e. The van der Waals surface area contributed by atoms with Crippen LogP contribution in [0.25, 0.3) is 0 Å². The Morgan fingerprint density at radius 1 is 1.13 bits per heavy atom. The molecule has 0 spiro atoms. The minimum Gasteiger partial charge on any atom is -0.389 e. The first-order valence-electron chi connectivity index (χ1n) is 8.50. The van der Waals surface area contributed by atoms with E-state index < -0.39 is 0 Å². The zero-order valence-electron chi connectivity index (χ0n) is 16.5. The van der Waals surface area contributed by atoms with E-state index >= 15 is 0 Å². The molecule has 0 aliphatic heterocycles. The van der Waals surface area contributed by atoms with E-state index in [1.807, 2.05) is 54.5 Å². The molecule has 1 aromatic rings. The van der Waals surface area contributed by atoms with E-state index in [4.69, 9.17) is 5.90 Å². The molecule has 1 rings (SSSR count). The summed E-state index contributed by atoms with van der Waals surface area (Å²) >= 11 is 0. The minimum absolute atomic E-state index is 0.132. The smallest absolute Gasteiger partial charge is 0.126 e. The Balaban J connectivity index is -0.000000119. The van der Waals surface area contributed by atoms with Crippen molar-refractivity contribution in [3.63, 3.8) is 0 Å². The number of allylic oxidation sites excluding steroid dienone is 1. The fourth-order valence-electron chi connectivity index (χ4n) is 1.01. The molecule has 0 aromatic heterocycles. The summed E-state index contributed by atoms with van der Waals surface area (Å²) in [5, 5.41) is 3.05. The van der Waals surface area contributed by atoms with E-state index in [-0.39, 0.29) is 5.82 Å². The highest BCUT2D eigenvalue weighted by Gasteiger charge is 1.88. The van der Waals surface area contributed by atoms with Gasteiger partial charge in [0.05, 0.1) is 6.61 Å². The largest absolute Gasteiger partial charge is 0.389 e. The van der Waals surface area contributed by atoms with Crippen LogP contribution in [0, 0.1) is 12.7 Å². The molecule has 3 nitrogen and oxygen atoms in total. The van der Waals surface area contributed by atoms with E-state index in [0.717, 1.165) is 18.7 Å².